The smallest absolute Gasteiger partial charge is 0.416 e. The number of halogens is 4. The minimum Gasteiger partial charge on any atom is -0.457 e. The SMILES string of the molecule is O=C1/C(=C/c2ccc(-c3cccc(C(F)(F)F)c3)o2)SC(=S)N1c1ccc(Cl)cc1. The summed E-state index contributed by atoms with van der Waals surface area (Å²) in [6.07, 6.45) is -2.92. The molecule has 1 aliphatic heterocycles. The molecular formula is C21H11ClF3NO2S2. The zero-order valence-electron chi connectivity index (χ0n) is 14.9. The number of alkyl halides is 3. The van der Waals surface area contributed by atoms with Gasteiger partial charge in [-0.2, -0.15) is 13.2 Å². The number of thioether (sulfide) groups is 1. The first kappa shape index (κ1) is 20.7. The minimum absolute atomic E-state index is 0.264. The Morgan fingerprint density at radius 1 is 1.07 bits per heavy atom. The number of thiocarbonyl (C=S) groups is 1. The van der Waals surface area contributed by atoms with Crippen LogP contribution in [0.25, 0.3) is 17.4 Å². The standard InChI is InChI=1S/C21H11ClF3NO2S2/c22-14-4-6-15(7-5-14)26-19(27)18(30-20(26)29)11-16-8-9-17(28-16)12-2-1-3-13(10-12)21(23,24)25/h1-11H/b18-11-. The molecule has 0 bridgehead atoms. The first-order chi connectivity index (χ1) is 14.2. The van der Waals surface area contributed by atoms with Gasteiger partial charge in [0.15, 0.2) is 4.32 Å². The molecule has 0 N–H and O–H groups in total. The van der Waals surface area contributed by atoms with E-state index in [2.05, 4.69) is 0 Å². The van der Waals surface area contributed by atoms with Gasteiger partial charge in [-0.1, -0.05) is 47.7 Å². The van der Waals surface area contributed by atoms with E-state index in [1.807, 2.05) is 0 Å². The van der Waals surface area contributed by atoms with Crippen LogP contribution in [-0.2, 0) is 11.0 Å². The van der Waals surface area contributed by atoms with Gasteiger partial charge in [0.2, 0.25) is 0 Å². The van der Waals surface area contributed by atoms with Crippen LogP contribution in [0.5, 0.6) is 0 Å². The zero-order valence-corrected chi connectivity index (χ0v) is 17.3. The molecular weight excluding hydrogens is 455 g/mol. The molecule has 0 saturated carbocycles. The molecule has 0 aliphatic carbocycles. The lowest BCUT2D eigenvalue weighted by Gasteiger charge is -2.14. The second kappa shape index (κ2) is 7.94. The molecule has 152 valence electrons. The third-order valence-corrected chi connectivity index (χ3v) is 5.81. The molecule has 3 aromatic rings. The molecule has 1 fully saturated rings. The summed E-state index contributed by atoms with van der Waals surface area (Å²) in [5, 5.41) is 0.539. The van der Waals surface area contributed by atoms with E-state index >= 15 is 0 Å². The van der Waals surface area contributed by atoms with Crippen molar-refractivity contribution in [3.63, 3.8) is 0 Å². The molecule has 1 aliphatic rings. The summed E-state index contributed by atoms with van der Waals surface area (Å²) >= 11 is 12.3. The van der Waals surface area contributed by atoms with E-state index in [0.29, 0.717) is 25.7 Å². The number of amides is 1. The number of benzene rings is 2. The normalized spacial score (nSPS) is 16.0. The molecule has 0 spiro atoms. The Labute approximate surface area is 184 Å². The molecule has 1 amide bonds. The van der Waals surface area contributed by atoms with Gasteiger partial charge in [0, 0.05) is 16.7 Å². The summed E-state index contributed by atoms with van der Waals surface area (Å²) in [5.74, 6) is 0.281. The Morgan fingerprint density at radius 2 is 1.80 bits per heavy atom. The summed E-state index contributed by atoms with van der Waals surface area (Å²) in [6, 6.07) is 14.7. The van der Waals surface area contributed by atoms with Crippen LogP contribution in [0.2, 0.25) is 5.02 Å². The minimum atomic E-state index is -4.44. The molecule has 1 aromatic heterocycles. The number of anilines is 1. The molecule has 2 heterocycles. The average molecular weight is 466 g/mol. The lowest BCUT2D eigenvalue weighted by molar-refractivity contribution is -0.137. The van der Waals surface area contributed by atoms with Crippen molar-refractivity contribution in [2.75, 3.05) is 4.90 Å². The Kier molecular flexibility index (Phi) is 5.48. The van der Waals surface area contributed by atoms with Gasteiger partial charge in [-0.25, -0.2) is 0 Å². The third-order valence-electron chi connectivity index (χ3n) is 4.25. The molecule has 4 rings (SSSR count). The van der Waals surface area contributed by atoms with Crippen LogP contribution in [0.15, 0.2) is 70.0 Å². The molecule has 30 heavy (non-hydrogen) atoms. The number of hydrogen-bond acceptors (Lipinski definition) is 4. The highest BCUT2D eigenvalue weighted by Crippen LogP contribution is 2.37. The maximum atomic E-state index is 12.9. The lowest BCUT2D eigenvalue weighted by atomic mass is 10.1. The van der Waals surface area contributed by atoms with Crippen molar-refractivity contribution >= 4 is 57.6 Å². The Bertz CT molecular complexity index is 1170. The molecule has 3 nitrogen and oxygen atoms in total. The van der Waals surface area contributed by atoms with Crippen molar-refractivity contribution in [3.8, 4) is 11.3 Å². The fraction of sp³-hybridized carbons (Fsp3) is 0.0476. The second-order valence-electron chi connectivity index (χ2n) is 6.27. The third kappa shape index (κ3) is 4.16. The number of hydrogen-bond donors (Lipinski definition) is 0. The fourth-order valence-electron chi connectivity index (χ4n) is 2.84. The number of carbonyl (C=O) groups is 1. The lowest BCUT2D eigenvalue weighted by Crippen LogP contribution is -2.27. The van der Waals surface area contributed by atoms with Crippen LogP contribution < -0.4 is 4.90 Å². The summed E-state index contributed by atoms with van der Waals surface area (Å²) in [4.78, 5) is 14.5. The van der Waals surface area contributed by atoms with Crippen molar-refractivity contribution in [2.24, 2.45) is 0 Å². The highest BCUT2D eigenvalue weighted by atomic mass is 35.5. The van der Waals surface area contributed by atoms with Crippen molar-refractivity contribution in [2.45, 2.75) is 6.18 Å². The number of furan rings is 1. The van der Waals surface area contributed by atoms with Crippen molar-refractivity contribution in [1.82, 2.24) is 0 Å². The Morgan fingerprint density at radius 3 is 2.50 bits per heavy atom. The van der Waals surface area contributed by atoms with Crippen LogP contribution in [0.4, 0.5) is 18.9 Å². The molecule has 0 atom stereocenters. The van der Waals surface area contributed by atoms with Gasteiger partial charge < -0.3 is 4.42 Å². The maximum Gasteiger partial charge on any atom is 0.416 e. The molecule has 0 unspecified atom stereocenters. The van der Waals surface area contributed by atoms with Crippen molar-refractivity contribution < 1.29 is 22.4 Å². The first-order valence-electron chi connectivity index (χ1n) is 8.53. The van der Waals surface area contributed by atoms with Gasteiger partial charge in [0.25, 0.3) is 5.91 Å². The van der Waals surface area contributed by atoms with Gasteiger partial charge in [-0.15, -0.1) is 0 Å². The van der Waals surface area contributed by atoms with E-state index in [9.17, 15) is 18.0 Å². The zero-order chi connectivity index (χ0) is 21.5. The number of nitrogens with zero attached hydrogens (tertiary/aromatic N) is 1. The second-order valence-corrected chi connectivity index (χ2v) is 8.39. The highest BCUT2D eigenvalue weighted by Gasteiger charge is 2.34. The van der Waals surface area contributed by atoms with E-state index in [-0.39, 0.29) is 17.2 Å². The van der Waals surface area contributed by atoms with Gasteiger partial charge in [-0.3, -0.25) is 9.69 Å². The van der Waals surface area contributed by atoms with E-state index < -0.39 is 11.7 Å². The topological polar surface area (TPSA) is 33.5 Å². The van der Waals surface area contributed by atoms with Crippen molar-refractivity contribution in [1.29, 1.82) is 0 Å². The van der Waals surface area contributed by atoms with Crippen LogP contribution in [0.3, 0.4) is 0 Å². The Hall–Kier alpha value is -2.55. The number of carbonyl (C=O) groups excluding carboxylic acids is 1. The van der Waals surface area contributed by atoms with Crippen LogP contribution >= 0.6 is 35.6 Å². The highest BCUT2D eigenvalue weighted by molar-refractivity contribution is 8.27. The first-order valence-corrected chi connectivity index (χ1v) is 10.1. The average Bonchev–Trinajstić information content (AvgIpc) is 3.27. The van der Waals surface area contributed by atoms with Crippen molar-refractivity contribution in [3.05, 3.63) is 81.9 Å². The van der Waals surface area contributed by atoms with E-state index in [0.717, 1.165) is 23.9 Å². The van der Waals surface area contributed by atoms with Gasteiger partial charge in [0.1, 0.15) is 11.5 Å². The van der Waals surface area contributed by atoms with Gasteiger partial charge >= 0.3 is 6.18 Å². The summed E-state index contributed by atoms with van der Waals surface area (Å²) < 4.78 is 44.8. The summed E-state index contributed by atoms with van der Waals surface area (Å²) in [7, 11) is 0. The van der Waals surface area contributed by atoms with E-state index in [1.54, 1.807) is 36.4 Å². The predicted molar refractivity (Wildman–Crippen MR) is 116 cm³/mol. The van der Waals surface area contributed by atoms with E-state index in [1.165, 1.54) is 23.1 Å². The monoisotopic (exact) mass is 465 g/mol. The van der Waals surface area contributed by atoms with Gasteiger partial charge in [0.05, 0.1) is 16.2 Å². The molecule has 1 saturated heterocycles. The van der Waals surface area contributed by atoms with E-state index in [4.69, 9.17) is 28.2 Å². The molecule has 0 radical (unpaired) electrons. The molecule has 2 aromatic carbocycles. The largest absolute Gasteiger partial charge is 0.457 e. The number of rotatable bonds is 3. The predicted octanol–water partition coefficient (Wildman–Crippen LogP) is 7.02. The van der Waals surface area contributed by atoms with Crippen LogP contribution in [0.1, 0.15) is 11.3 Å². The fourth-order valence-corrected chi connectivity index (χ4v) is 4.25. The summed E-state index contributed by atoms with van der Waals surface area (Å²) in [6.45, 7) is 0. The van der Waals surface area contributed by atoms with Crippen LogP contribution in [0, 0.1) is 0 Å². The maximum absolute atomic E-state index is 12.9. The summed E-state index contributed by atoms with van der Waals surface area (Å²) in [5.41, 5.74) is 0.120. The van der Waals surface area contributed by atoms with Crippen LogP contribution in [-0.4, -0.2) is 10.2 Å². The Balaban J connectivity index is 1.60. The van der Waals surface area contributed by atoms with Gasteiger partial charge in [-0.05, 0) is 48.5 Å². The quantitative estimate of drug-likeness (QED) is 0.307. The molecule has 9 heteroatoms.